The predicted octanol–water partition coefficient (Wildman–Crippen LogP) is 2.87. The number of phenols is 1. The van der Waals surface area contributed by atoms with Crippen LogP contribution in [-0.4, -0.2) is 54.4 Å². The fourth-order valence-electron chi connectivity index (χ4n) is 7.33. The molecule has 2 saturated carbocycles. The van der Waals surface area contributed by atoms with Gasteiger partial charge >= 0.3 is 0 Å². The summed E-state index contributed by atoms with van der Waals surface area (Å²) >= 11 is 0. The molecule has 1 unspecified atom stereocenters. The number of likely N-dealkylation sites (tertiary alicyclic amines) is 1. The molecule has 1 aromatic carbocycles. The molecule has 152 valence electrons. The Kier molecular flexibility index (Phi) is 3.92. The standard InChI is InChI=1S/C23H32N2O3/c1-25(14-15-5-6-15)12-11-22-9-3-4-10-23(22,28-2)18(25)13-16-7-8-17(21(24)27)20(26)19(16)22/h7-8,15,18H,3-6,9-14H2,1-2H3,(H2-,24,26,27)/p+1/t18-,22+,23-,25?/m1/s1. The molecule has 5 rings (SSSR count). The maximum Gasteiger partial charge on any atom is 0.252 e. The Labute approximate surface area is 167 Å². The highest BCUT2D eigenvalue weighted by Crippen LogP contribution is 2.63. The van der Waals surface area contributed by atoms with Crippen molar-refractivity contribution in [3.05, 3.63) is 28.8 Å². The monoisotopic (exact) mass is 385 g/mol. The van der Waals surface area contributed by atoms with Gasteiger partial charge in [-0.25, -0.2) is 0 Å². The number of nitrogens with two attached hydrogens (primary N) is 1. The number of fused-ring (bicyclic) bond motifs is 1. The van der Waals surface area contributed by atoms with Gasteiger partial charge in [0.15, 0.2) is 0 Å². The van der Waals surface area contributed by atoms with Crippen LogP contribution in [-0.2, 0) is 16.6 Å². The van der Waals surface area contributed by atoms with Crippen LogP contribution < -0.4 is 5.73 Å². The first-order valence-electron chi connectivity index (χ1n) is 10.9. The normalized spacial score (nSPS) is 39.1. The van der Waals surface area contributed by atoms with Crippen molar-refractivity contribution in [2.24, 2.45) is 11.7 Å². The Balaban J connectivity index is 1.73. The lowest BCUT2D eigenvalue weighted by atomic mass is 9.48. The van der Waals surface area contributed by atoms with E-state index in [0.717, 1.165) is 54.6 Å². The Morgan fingerprint density at radius 2 is 2.04 bits per heavy atom. The topological polar surface area (TPSA) is 72.5 Å². The SMILES string of the molecule is CO[C@@]12CCCC[C@@]13CC[N+](C)(CC1CC1)[C@@H]2Cc1ccc(C(N)=O)c(O)c13. The molecular weight excluding hydrogens is 352 g/mol. The number of carbonyl (C=O) groups excluding carboxylic acids is 1. The van der Waals surface area contributed by atoms with Crippen molar-refractivity contribution in [1.82, 2.24) is 0 Å². The van der Waals surface area contributed by atoms with Gasteiger partial charge in [-0.2, -0.15) is 0 Å². The van der Waals surface area contributed by atoms with E-state index >= 15 is 0 Å². The number of rotatable bonds is 4. The Bertz CT molecular complexity index is 835. The van der Waals surface area contributed by atoms with Crippen molar-refractivity contribution in [2.75, 3.05) is 27.2 Å². The van der Waals surface area contributed by atoms with E-state index in [1.165, 1.54) is 31.4 Å². The third-order valence-electron chi connectivity index (χ3n) is 8.71. The molecule has 5 nitrogen and oxygen atoms in total. The molecule has 4 aliphatic rings. The van der Waals surface area contributed by atoms with Gasteiger partial charge < -0.3 is 20.1 Å². The number of methoxy groups -OCH3 is 1. The van der Waals surface area contributed by atoms with Crippen molar-refractivity contribution >= 4 is 5.91 Å². The van der Waals surface area contributed by atoms with E-state index in [0.29, 0.717) is 6.04 Å². The highest BCUT2D eigenvalue weighted by atomic mass is 16.5. The van der Waals surface area contributed by atoms with E-state index in [9.17, 15) is 9.90 Å². The zero-order valence-electron chi connectivity index (χ0n) is 17.2. The van der Waals surface area contributed by atoms with Crippen molar-refractivity contribution < 1.29 is 19.1 Å². The van der Waals surface area contributed by atoms with Crippen LogP contribution in [0.2, 0.25) is 0 Å². The summed E-state index contributed by atoms with van der Waals surface area (Å²) in [5, 5.41) is 11.2. The van der Waals surface area contributed by atoms with E-state index in [1.807, 2.05) is 13.2 Å². The van der Waals surface area contributed by atoms with E-state index in [-0.39, 0.29) is 22.3 Å². The average molecular weight is 386 g/mol. The Morgan fingerprint density at radius 1 is 1.29 bits per heavy atom. The highest BCUT2D eigenvalue weighted by Gasteiger charge is 2.70. The lowest BCUT2D eigenvalue weighted by molar-refractivity contribution is -0.950. The molecule has 2 bridgehead atoms. The summed E-state index contributed by atoms with van der Waals surface area (Å²) in [7, 11) is 4.31. The van der Waals surface area contributed by atoms with Crippen LogP contribution >= 0.6 is 0 Å². The van der Waals surface area contributed by atoms with Crippen LogP contribution in [0, 0.1) is 5.92 Å². The first kappa shape index (κ1) is 18.4. The first-order valence-corrected chi connectivity index (χ1v) is 10.9. The second kappa shape index (κ2) is 5.96. The lowest BCUT2D eigenvalue weighted by Gasteiger charge is -2.66. The van der Waals surface area contributed by atoms with Crippen LogP contribution in [0.3, 0.4) is 0 Å². The van der Waals surface area contributed by atoms with Crippen molar-refractivity contribution in [3.63, 3.8) is 0 Å². The molecule has 0 aromatic heterocycles. The number of primary amides is 1. The van der Waals surface area contributed by atoms with Gasteiger partial charge in [-0.3, -0.25) is 4.79 Å². The summed E-state index contributed by atoms with van der Waals surface area (Å²) < 4.78 is 7.59. The Hall–Kier alpha value is -1.59. The summed E-state index contributed by atoms with van der Waals surface area (Å²) in [6.45, 7) is 2.36. The number of piperidine rings is 1. The van der Waals surface area contributed by atoms with Gasteiger partial charge in [0.2, 0.25) is 0 Å². The lowest BCUT2D eigenvalue weighted by Crippen LogP contribution is -2.78. The second-order valence-corrected chi connectivity index (χ2v) is 10.0. The molecule has 3 aliphatic carbocycles. The number of quaternary nitrogens is 1. The second-order valence-electron chi connectivity index (χ2n) is 10.0. The molecule has 1 amide bonds. The van der Waals surface area contributed by atoms with Gasteiger partial charge in [0.25, 0.3) is 5.91 Å². The number of hydrogen-bond donors (Lipinski definition) is 2. The van der Waals surface area contributed by atoms with Crippen LogP contribution in [0.1, 0.15) is 66.4 Å². The van der Waals surface area contributed by atoms with E-state index < -0.39 is 5.91 Å². The van der Waals surface area contributed by atoms with Crippen molar-refractivity contribution in [1.29, 1.82) is 0 Å². The number of nitrogens with zero attached hydrogens (tertiary/aromatic N) is 1. The van der Waals surface area contributed by atoms with Crippen molar-refractivity contribution in [3.8, 4) is 5.75 Å². The summed E-state index contributed by atoms with van der Waals surface area (Å²) in [6.07, 6.45) is 9.00. The predicted molar refractivity (Wildman–Crippen MR) is 107 cm³/mol. The molecule has 5 heteroatoms. The van der Waals surface area contributed by atoms with Crippen LogP contribution in [0.25, 0.3) is 0 Å². The van der Waals surface area contributed by atoms with Gasteiger partial charge in [0.05, 0.1) is 25.7 Å². The zero-order chi connectivity index (χ0) is 19.7. The van der Waals surface area contributed by atoms with Crippen LogP contribution in [0.5, 0.6) is 5.75 Å². The molecule has 1 saturated heterocycles. The average Bonchev–Trinajstić information content (AvgIpc) is 3.48. The summed E-state index contributed by atoms with van der Waals surface area (Å²) in [4.78, 5) is 11.9. The fraction of sp³-hybridized carbons (Fsp3) is 0.696. The third kappa shape index (κ3) is 2.23. The maximum absolute atomic E-state index is 11.9. The molecule has 1 aliphatic heterocycles. The van der Waals surface area contributed by atoms with Gasteiger partial charge in [-0.15, -0.1) is 0 Å². The fourth-order valence-corrected chi connectivity index (χ4v) is 7.33. The quantitative estimate of drug-likeness (QED) is 0.783. The molecule has 1 heterocycles. The molecular formula is C23H33N2O3+. The smallest absolute Gasteiger partial charge is 0.252 e. The van der Waals surface area contributed by atoms with E-state index in [4.69, 9.17) is 10.5 Å². The number of likely N-dealkylation sites (N-methyl/N-ethyl adjacent to an activating group) is 1. The minimum Gasteiger partial charge on any atom is -0.507 e. The van der Waals surface area contributed by atoms with Crippen LogP contribution in [0.15, 0.2) is 12.1 Å². The molecule has 3 fully saturated rings. The zero-order valence-corrected chi connectivity index (χ0v) is 17.2. The minimum atomic E-state index is -0.553. The van der Waals surface area contributed by atoms with Gasteiger partial charge in [-0.1, -0.05) is 18.9 Å². The number of ether oxygens (including phenoxy) is 1. The summed E-state index contributed by atoms with van der Waals surface area (Å²) in [6, 6.07) is 4.17. The first-order chi connectivity index (χ1) is 13.4. The van der Waals surface area contributed by atoms with Gasteiger partial charge in [0, 0.05) is 36.8 Å². The van der Waals surface area contributed by atoms with Gasteiger partial charge in [0.1, 0.15) is 17.4 Å². The summed E-state index contributed by atoms with van der Waals surface area (Å²) in [5.41, 5.74) is 7.52. The molecule has 28 heavy (non-hydrogen) atoms. The van der Waals surface area contributed by atoms with Crippen molar-refractivity contribution in [2.45, 2.75) is 68.4 Å². The minimum absolute atomic E-state index is 0.116. The number of hydrogen-bond acceptors (Lipinski definition) is 3. The number of carbonyl (C=O) groups is 1. The third-order valence-corrected chi connectivity index (χ3v) is 8.71. The molecule has 3 N–H and O–H groups in total. The van der Waals surface area contributed by atoms with E-state index in [2.05, 4.69) is 7.05 Å². The maximum atomic E-state index is 11.9. The molecule has 4 atom stereocenters. The molecule has 0 spiro atoms. The van der Waals surface area contributed by atoms with E-state index in [1.54, 1.807) is 6.07 Å². The Morgan fingerprint density at radius 3 is 2.71 bits per heavy atom. The van der Waals surface area contributed by atoms with Crippen LogP contribution in [0.4, 0.5) is 0 Å². The number of benzene rings is 1. The number of aromatic hydroxyl groups is 1. The number of amides is 1. The largest absolute Gasteiger partial charge is 0.507 e. The molecule has 1 aromatic rings. The highest BCUT2D eigenvalue weighted by molar-refractivity contribution is 5.96. The molecule has 0 radical (unpaired) electrons. The van der Waals surface area contributed by atoms with Gasteiger partial charge in [-0.05, 0) is 37.3 Å². The summed E-state index contributed by atoms with van der Waals surface area (Å²) in [5.74, 6) is 0.426.